The van der Waals surface area contributed by atoms with Crippen molar-refractivity contribution in [2.24, 2.45) is 0 Å². The molecular formula is C9H21NO3P+. The van der Waals surface area contributed by atoms with Crippen molar-refractivity contribution in [3.63, 3.8) is 0 Å². The van der Waals surface area contributed by atoms with Crippen molar-refractivity contribution in [3.05, 3.63) is 0 Å². The van der Waals surface area contributed by atoms with Crippen LogP contribution >= 0.6 is 8.25 Å². The molecule has 5 heteroatoms. The Bertz CT molecular complexity index is 121. The van der Waals surface area contributed by atoms with Crippen LogP contribution in [0.3, 0.4) is 0 Å². The van der Waals surface area contributed by atoms with Gasteiger partial charge in [-0.25, -0.2) is 0 Å². The molecular weight excluding hydrogens is 201 g/mol. The van der Waals surface area contributed by atoms with Gasteiger partial charge >= 0.3 is 8.25 Å². The fourth-order valence-corrected chi connectivity index (χ4v) is 1.55. The summed E-state index contributed by atoms with van der Waals surface area (Å²) in [4.78, 5) is 0. The molecule has 1 rings (SSSR count). The normalized spacial score (nSPS) is 15.6. The molecule has 1 aliphatic rings. The van der Waals surface area contributed by atoms with Crippen LogP contribution in [-0.4, -0.2) is 26.3 Å². The Morgan fingerprint density at radius 2 is 1.57 bits per heavy atom. The zero-order chi connectivity index (χ0) is 10.6. The van der Waals surface area contributed by atoms with Gasteiger partial charge < -0.3 is 5.32 Å². The molecule has 0 radical (unpaired) electrons. The van der Waals surface area contributed by atoms with Crippen LogP contribution in [0.2, 0.25) is 0 Å². The van der Waals surface area contributed by atoms with Crippen molar-refractivity contribution in [2.75, 3.05) is 26.3 Å². The van der Waals surface area contributed by atoms with Gasteiger partial charge in [0, 0.05) is 4.57 Å². The summed E-state index contributed by atoms with van der Waals surface area (Å²) < 4.78 is 19.5. The van der Waals surface area contributed by atoms with E-state index in [-0.39, 0.29) is 0 Å². The predicted molar refractivity (Wildman–Crippen MR) is 57.6 cm³/mol. The molecule has 0 saturated carbocycles. The second-order valence-electron chi connectivity index (χ2n) is 2.87. The summed E-state index contributed by atoms with van der Waals surface area (Å²) in [5.74, 6) is 0. The molecule has 1 aliphatic heterocycles. The zero-order valence-corrected chi connectivity index (χ0v) is 10.0. The molecule has 84 valence electrons. The lowest BCUT2D eigenvalue weighted by molar-refractivity contribution is 0.243. The molecule has 1 N–H and O–H groups in total. The molecule has 1 saturated heterocycles. The Morgan fingerprint density at radius 1 is 1.07 bits per heavy atom. The number of hydrogen-bond donors (Lipinski definition) is 1. The van der Waals surface area contributed by atoms with Crippen LogP contribution in [0.4, 0.5) is 0 Å². The van der Waals surface area contributed by atoms with Crippen LogP contribution in [0, 0.1) is 0 Å². The minimum Gasteiger partial charge on any atom is -0.317 e. The van der Waals surface area contributed by atoms with E-state index in [0.29, 0.717) is 13.2 Å². The van der Waals surface area contributed by atoms with E-state index in [9.17, 15) is 4.57 Å². The molecule has 0 aliphatic carbocycles. The quantitative estimate of drug-likeness (QED) is 0.742. The first-order valence-electron chi connectivity index (χ1n) is 5.25. The largest absolute Gasteiger partial charge is 0.697 e. The summed E-state index contributed by atoms with van der Waals surface area (Å²) in [6.45, 7) is 6.92. The van der Waals surface area contributed by atoms with E-state index in [1.165, 1.54) is 32.4 Å². The Hall–Kier alpha value is -0.0200. The molecule has 0 spiro atoms. The summed E-state index contributed by atoms with van der Waals surface area (Å²) >= 11 is 0. The third-order valence-electron chi connectivity index (χ3n) is 1.68. The van der Waals surface area contributed by atoms with Gasteiger partial charge in [-0.15, -0.1) is 9.05 Å². The molecule has 0 aromatic carbocycles. The maximum atomic E-state index is 10.3. The highest BCUT2D eigenvalue weighted by Gasteiger charge is 2.15. The Kier molecular flexibility index (Phi) is 11.0. The lowest BCUT2D eigenvalue weighted by Gasteiger charge is -2.08. The first kappa shape index (κ1) is 14.0. The first-order valence-corrected chi connectivity index (χ1v) is 6.34. The number of piperidine rings is 1. The second-order valence-corrected chi connectivity index (χ2v) is 3.83. The topological polar surface area (TPSA) is 47.6 Å². The molecule has 0 unspecified atom stereocenters. The first-order chi connectivity index (χ1) is 6.81. The molecule has 0 bridgehead atoms. The summed E-state index contributed by atoms with van der Waals surface area (Å²) in [5, 5.41) is 3.28. The van der Waals surface area contributed by atoms with Crippen LogP contribution in [0.25, 0.3) is 0 Å². The standard InChI is InChI=1S/C5H11N.C4H10O3P/c1-2-4-6-5-3-1;1-3-6-8(5)7-4-2/h6H,1-5H2;3-4H2,1-2H3/q;+1. The van der Waals surface area contributed by atoms with Gasteiger partial charge in [-0.05, 0) is 39.8 Å². The molecule has 0 aromatic rings. The van der Waals surface area contributed by atoms with Gasteiger partial charge in [0.1, 0.15) is 13.2 Å². The van der Waals surface area contributed by atoms with Gasteiger partial charge in [0.15, 0.2) is 0 Å². The maximum absolute atomic E-state index is 10.3. The fourth-order valence-electron chi connectivity index (χ4n) is 1.05. The van der Waals surface area contributed by atoms with Crippen molar-refractivity contribution >= 4 is 8.25 Å². The number of nitrogens with one attached hydrogen (secondary N) is 1. The van der Waals surface area contributed by atoms with Crippen molar-refractivity contribution < 1.29 is 13.6 Å². The molecule has 4 nitrogen and oxygen atoms in total. The van der Waals surface area contributed by atoms with E-state index in [1.807, 2.05) is 0 Å². The molecule has 1 fully saturated rings. The third-order valence-corrected chi connectivity index (χ3v) is 2.61. The molecule has 0 atom stereocenters. The molecule has 14 heavy (non-hydrogen) atoms. The van der Waals surface area contributed by atoms with E-state index in [0.717, 1.165) is 0 Å². The molecule has 1 heterocycles. The van der Waals surface area contributed by atoms with Crippen LogP contribution in [0.15, 0.2) is 0 Å². The van der Waals surface area contributed by atoms with Gasteiger partial charge in [-0.2, -0.15) is 0 Å². The minimum atomic E-state index is -1.83. The summed E-state index contributed by atoms with van der Waals surface area (Å²) in [6, 6.07) is 0. The van der Waals surface area contributed by atoms with Crippen molar-refractivity contribution in [1.29, 1.82) is 0 Å². The maximum Gasteiger partial charge on any atom is 0.697 e. The van der Waals surface area contributed by atoms with E-state index < -0.39 is 8.25 Å². The molecule has 0 amide bonds. The third kappa shape index (κ3) is 10.1. The van der Waals surface area contributed by atoms with E-state index >= 15 is 0 Å². The fraction of sp³-hybridized carbons (Fsp3) is 1.00. The van der Waals surface area contributed by atoms with Crippen LogP contribution < -0.4 is 5.32 Å². The Labute approximate surface area is 87.3 Å². The van der Waals surface area contributed by atoms with Gasteiger partial charge in [0.2, 0.25) is 0 Å². The van der Waals surface area contributed by atoms with Crippen LogP contribution in [-0.2, 0) is 13.6 Å². The lowest BCUT2D eigenvalue weighted by atomic mass is 10.2. The predicted octanol–water partition coefficient (Wildman–Crippen LogP) is 2.48. The van der Waals surface area contributed by atoms with E-state index in [4.69, 9.17) is 0 Å². The van der Waals surface area contributed by atoms with E-state index in [1.54, 1.807) is 13.8 Å². The number of rotatable bonds is 4. The minimum absolute atomic E-state index is 0.440. The van der Waals surface area contributed by atoms with Crippen molar-refractivity contribution in [2.45, 2.75) is 33.1 Å². The van der Waals surface area contributed by atoms with Crippen LogP contribution in [0.5, 0.6) is 0 Å². The summed E-state index contributed by atoms with van der Waals surface area (Å²) in [7, 11) is -1.83. The van der Waals surface area contributed by atoms with Gasteiger partial charge in [0.05, 0.1) is 0 Å². The Morgan fingerprint density at radius 3 is 1.79 bits per heavy atom. The lowest BCUT2D eigenvalue weighted by Crippen LogP contribution is -2.21. The van der Waals surface area contributed by atoms with Gasteiger partial charge in [-0.1, -0.05) is 6.42 Å². The van der Waals surface area contributed by atoms with Crippen LogP contribution in [0.1, 0.15) is 33.1 Å². The van der Waals surface area contributed by atoms with Gasteiger partial charge in [-0.3, -0.25) is 0 Å². The SMILES string of the molecule is C1CCNCC1.CCO[P+](=O)OCC. The van der Waals surface area contributed by atoms with Gasteiger partial charge in [0.25, 0.3) is 0 Å². The summed E-state index contributed by atoms with van der Waals surface area (Å²) in [5.41, 5.74) is 0. The number of hydrogen-bond acceptors (Lipinski definition) is 4. The highest BCUT2D eigenvalue weighted by Crippen LogP contribution is 2.21. The highest BCUT2D eigenvalue weighted by molar-refractivity contribution is 7.33. The zero-order valence-electron chi connectivity index (χ0n) is 9.12. The highest BCUT2D eigenvalue weighted by atomic mass is 31.1. The van der Waals surface area contributed by atoms with Crippen molar-refractivity contribution in [1.82, 2.24) is 5.32 Å². The van der Waals surface area contributed by atoms with E-state index in [2.05, 4.69) is 14.4 Å². The van der Waals surface area contributed by atoms with Crippen molar-refractivity contribution in [3.8, 4) is 0 Å². The Balaban J connectivity index is 0.000000249. The monoisotopic (exact) mass is 222 g/mol. The average molecular weight is 222 g/mol. The summed E-state index contributed by atoms with van der Waals surface area (Å²) in [6.07, 6.45) is 4.22. The smallest absolute Gasteiger partial charge is 0.317 e. The second kappa shape index (κ2) is 11.1. The molecule has 0 aromatic heterocycles. The average Bonchev–Trinajstić information content (AvgIpc) is 2.22.